The number of hydrogen-bond donors (Lipinski definition) is 3. The molecule has 0 spiro atoms. The van der Waals surface area contributed by atoms with E-state index in [2.05, 4.69) is 10.0 Å². The van der Waals surface area contributed by atoms with Crippen molar-refractivity contribution >= 4 is 51.3 Å². The Kier molecular flexibility index (Phi) is 6.69. The molecular formula is C17H19Cl3N2O3S. The van der Waals surface area contributed by atoms with E-state index >= 15 is 0 Å². The average molecular weight is 438 g/mol. The Morgan fingerprint density at radius 1 is 1.23 bits per heavy atom. The highest BCUT2D eigenvalue weighted by Crippen LogP contribution is 2.35. The summed E-state index contributed by atoms with van der Waals surface area (Å²) in [7, 11) is -3.48. The predicted octanol–water partition coefficient (Wildman–Crippen LogP) is 3.92. The minimum atomic E-state index is -3.48. The van der Waals surface area contributed by atoms with E-state index in [1.807, 2.05) is 12.1 Å². The number of nitrogens with one attached hydrogen (secondary N) is 2. The fourth-order valence-corrected chi connectivity index (χ4v) is 3.93. The Bertz CT molecular complexity index is 920. The third-order valence-electron chi connectivity index (χ3n) is 4.14. The Balaban J connectivity index is 0.00000243. The van der Waals surface area contributed by atoms with Gasteiger partial charge in [-0.15, -0.1) is 12.4 Å². The van der Waals surface area contributed by atoms with E-state index in [4.69, 9.17) is 23.2 Å². The van der Waals surface area contributed by atoms with Gasteiger partial charge in [0.15, 0.2) is 0 Å². The van der Waals surface area contributed by atoms with Crippen LogP contribution < -0.4 is 10.0 Å². The van der Waals surface area contributed by atoms with Crippen LogP contribution in [0.15, 0.2) is 30.3 Å². The lowest BCUT2D eigenvalue weighted by Gasteiger charge is -2.28. The van der Waals surface area contributed by atoms with Crippen molar-refractivity contribution in [2.45, 2.75) is 18.9 Å². The number of fused-ring (bicyclic) bond motifs is 1. The maximum Gasteiger partial charge on any atom is 0.229 e. The molecule has 0 aromatic heterocycles. The van der Waals surface area contributed by atoms with E-state index in [1.165, 1.54) is 0 Å². The monoisotopic (exact) mass is 436 g/mol. The van der Waals surface area contributed by atoms with Gasteiger partial charge in [-0.3, -0.25) is 4.72 Å². The zero-order chi connectivity index (χ0) is 18.2. The Morgan fingerprint density at radius 2 is 1.96 bits per heavy atom. The molecule has 5 nitrogen and oxygen atoms in total. The summed E-state index contributed by atoms with van der Waals surface area (Å²) in [5.41, 5.74) is 3.16. The molecule has 142 valence electrons. The molecule has 3 N–H and O–H groups in total. The van der Waals surface area contributed by atoms with Crippen LogP contribution in [0.2, 0.25) is 10.0 Å². The number of benzene rings is 2. The molecule has 3 rings (SSSR count). The number of phenolic OH excluding ortho intramolecular Hbond substituents is 1. The van der Waals surface area contributed by atoms with Crippen LogP contribution in [0.4, 0.5) is 5.69 Å². The molecule has 0 amide bonds. The molecule has 26 heavy (non-hydrogen) atoms. The van der Waals surface area contributed by atoms with Gasteiger partial charge in [0.1, 0.15) is 5.75 Å². The molecular weight excluding hydrogens is 419 g/mol. The van der Waals surface area contributed by atoms with Crippen LogP contribution in [0.3, 0.4) is 0 Å². The maximum absolute atomic E-state index is 11.5. The highest BCUT2D eigenvalue weighted by molar-refractivity contribution is 7.92. The lowest BCUT2D eigenvalue weighted by molar-refractivity contribution is 0.469. The van der Waals surface area contributed by atoms with Crippen LogP contribution in [0, 0.1) is 0 Å². The highest BCUT2D eigenvalue weighted by atomic mass is 35.5. The molecule has 0 saturated heterocycles. The number of hydrogen-bond acceptors (Lipinski definition) is 4. The first kappa shape index (κ1) is 21.1. The van der Waals surface area contributed by atoms with Gasteiger partial charge in [0, 0.05) is 6.04 Å². The van der Waals surface area contributed by atoms with Gasteiger partial charge in [0.05, 0.1) is 22.0 Å². The number of sulfonamides is 1. The van der Waals surface area contributed by atoms with E-state index in [-0.39, 0.29) is 29.9 Å². The number of halogens is 3. The summed E-state index contributed by atoms with van der Waals surface area (Å²) in [5.74, 6) is -0.0700. The van der Waals surface area contributed by atoms with Crippen LogP contribution >= 0.6 is 35.6 Å². The SMILES string of the molecule is CS(=O)(=O)Nc1cc2c(cc1O)CCNC2Cc1ccc(Cl)c(Cl)c1.Cl. The van der Waals surface area contributed by atoms with Gasteiger partial charge < -0.3 is 10.4 Å². The summed E-state index contributed by atoms with van der Waals surface area (Å²) in [4.78, 5) is 0. The lowest BCUT2D eigenvalue weighted by atomic mass is 9.89. The van der Waals surface area contributed by atoms with Crippen LogP contribution in [-0.2, 0) is 22.9 Å². The molecule has 1 aliphatic rings. The molecule has 0 saturated carbocycles. The third kappa shape index (κ3) is 4.96. The molecule has 0 aliphatic carbocycles. The van der Waals surface area contributed by atoms with Gasteiger partial charge in [0.2, 0.25) is 10.0 Å². The summed E-state index contributed by atoms with van der Waals surface area (Å²) in [6.45, 7) is 0.775. The summed E-state index contributed by atoms with van der Waals surface area (Å²) in [5, 5.41) is 14.5. The van der Waals surface area contributed by atoms with Crippen molar-refractivity contribution in [3.63, 3.8) is 0 Å². The Labute approximate surface area is 169 Å². The van der Waals surface area contributed by atoms with E-state index in [9.17, 15) is 13.5 Å². The fraction of sp³-hybridized carbons (Fsp3) is 0.294. The number of aromatic hydroxyl groups is 1. The summed E-state index contributed by atoms with van der Waals surface area (Å²) in [6.07, 6.45) is 2.49. The zero-order valence-electron chi connectivity index (χ0n) is 13.9. The van der Waals surface area contributed by atoms with Crippen molar-refractivity contribution in [3.05, 3.63) is 57.1 Å². The van der Waals surface area contributed by atoms with Gasteiger partial charge in [-0.2, -0.15) is 0 Å². The molecule has 0 bridgehead atoms. The molecule has 0 radical (unpaired) electrons. The topological polar surface area (TPSA) is 78.4 Å². The molecule has 1 atom stereocenters. The van der Waals surface area contributed by atoms with E-state index in [0.717, 1.165) is 35.9 Å². The molecule has 2 aromatic carbocycles. The number of phenols is 1. The molecule has 9 heteroatoms. The number of anilines is 1. The van der Waals surface area contributed by atoms with Crippen molar-refractivity contribution < 1.29 is 13.5 Å². The summed E-state index contributed by atoms with van der Waals surface area (Å²) < 4.78 is 25.4. The van der Waals surface area contributed by atoms with Crippen LogP contribution in [-0.4, -0.2) is 26.3 Å². The van der Waals surface area contributed by atoms with Crippen molar-refractivity contribution in [3.8, 4) is 5.75 Å². The second-order valence-corrected chi connectivity index (χ2v) is 8.71. The first-order chi connectivity index (χ1) is 11.7. The normalized spacial score (nSPS) is 16.5. The Hall–Kier alpha value is -1.18. The van der Waals surface area contributed by atoms with Crippen molar-refractivity contribution in [1.29, 1.82) is 0 Å². The van der Waals surface area contributed by atoms with E-state index in [1.54, 1.807) is 18.2 Å². The van der Waals surface area contributed by atoms with Crippen molar-refractivity contribution in [2.24, 2.45) is 0 Å². The second-order valence-electron chi connectivity index (χ2n) is 6.15. The Morgan fingerprint density at radius 3 is 2.62 bits per heavy atom. The van der Waals surface area contributed by atoms with E-state index in [0.29, 0.717) is 16.5 Å². The van der Waals surface area contributed by atoms with Crippen molar-refractivity contribution in [2.75, 3.05) is 17.5 Å². The van der Waals surface area contributed by atoms with Crippen molar-refractivity contribution in [1.82, 2.24) is 5.32 Å². The molecule has 1 aliphatic heterocycles. The highest BCUT2D eigenvalue weighted by Gasteiger charge is 2.23. The minimum Gasteiger partial charge on any atom is -0.506 e. The first-order valence-electron chi connectivity index (χ1n) is 7.74. The summed E-state index contributed by atoms with van der Waals surface area (Å²) >= 11 is 12.1. The molecule has 0 fully saturated rings. The lowest BCUT2D eigenvalue weighted by Crippen LogP contribution is -2.31. The average Bonchev–Trinajstić information content (AvgIpc) is 2.51. The standard InChI is InChI=1S/C17H18Cl2N2O3S.ClH/c1-25(23,24)21-16-9-12-11(8-17(16)22)4-5-20-15(12)7-10-2-3-13(18)14(19)6-10;/h2-3,6,8-9,15,20-22H,4-5,7H2,1H3;1H. The number of rotatable bonds is 4. The van der Waals surface area contributed by atoms with Crippen LogP contribution in [0.5, 0.6) is 5.75 Å². The van der Waals surface area contributed by atoms with Gasteiger partial charge >= 0.3 is 0 Å². The predicted molar refractivity (Wildman–Crippen MR) is 108 cm³/mol. The first-order valence-corrected chi connectivity index (χ1v) is 10.4. The minimum absolute atomic E-state index is 0. The zero-order valence-corrected chi connectivity index (χ0v) is 17.1. The van der Waals surface area contributed by atoms with Crippen LogP contribution in [0.25, 0.3) is 0 Å². The van der Waals surface area contributed by atoms with Gasteiger partial charge in [0.25, 0.3) is 0 Å². The molecule has 1 heterocycles. The molecule has 2 aromatic rings. The van der Waals surface area contributed by atoms with Crippen LogP contribution in [0.1, 0.15) is 22.7 Å². The quantitative estimate of drug-likeness (QED) is 0.633. The smallest absolute Gasteiger partial charge is 0.229 e. The van der Waals surface area contributed by atoms with Gasteiger partial charge in [-0.1, -0.05) is 29.3 Å². The second kappa shape index (κ2) is 8.23. The fourth-order valence-electron chi connectivity index (χ4n) is 3.05. The largest absolute Gasteiger partial charge is 0.506 e. The van der Waals surface area contributed by atoms with Gasteiger partial charge in [-0.05, 0) is 60.3 Å². The van der Waals surface area contributed by atoms with Gasteiger partial charge in [-0.25, -0.2) is 8.42 Å². The summed E-state index contributed by atoms with van der Waals surface area (Å²) in [6, 6.07) is 8.82. The van der Waals surface area contributed by atoms with E-state index < -0.39 is 10.0 Å². The third-order valence-corrected chi connectivity index (χ3v) is 5.47. The molecule has 1 unspecified atom stereocenters. The maximum atomic E-state index is 11.5.